The van der Waals surface area contributed by atoms with Crippen molar-refractivity contribution >= 4 is 7.88 Å². The summed E-state index contributed by atoms with van der Waals surface area (Å²) < 4.78 is 27.1. The zero-order valence-corrected chi connectivity index (χ0v) is 10.3. The third-order valence-corrected chi connectivity index (χ3v) is 5.36. The molecule has 0 bridgehead atoms. The molecule has 0 aliphatic carbocycles. The fourth-order valence-corrected chi connectivity index (χ4v) is 2.36. The van der Waals surface area contributed by atoms with E-state index in [0.717, 1.165) is 6.42 Å². The Morgan fingerprint density at radius 2 is 1.69 bits per heavy atom. The van der Waals surface area contributed by atoms with Crippen LogP contribution < -0.4 is 0 Å². The van der Waals surface area contributed by atoms with Crippen molar-refractivity contribution in [1.82, 2.24) is 0 Å². The molecule has 0 amide bonds. The van der Waals surface area contributed by atoms with Gasteiger partial charge < -0.3 is 0 Å². The molecule has 1 atom stereocenters. The molecule has 0 N–H and O–H groups in total. The van der Waals surface area contributed by atoms with Crippen LogP contribution in [-0.4, -0.2) is 11.3 Å². The van der Waals surface area contributed by atoms with Crippen molar-refractivity contribution in [3.05, 3.63) is 0 Å². The lowest BCUT2D eigenvalue weighted by molar-refractivity contribution is 0.519. The lowest BCUT2D eigenvalue weighted by Gasteiger charge is -2.20. The highest BCUT2D eigenvalue weighted by Crippen LogP contribution is 2.72. The van der Waals surface area contributed by atoms with Gasteiger partial charge in [-0.05, 0) is 41.5 Å². The van der Waals surface area contributed by atoms with Gasteiger partial charge in [-0.2, -0.15) is 0 Å². The highest BCUT2D eigenvalue weighted by Gasteiger charge is 2.53. The molecule has 0 rings (SSSR count). The van der Waals surface area contributed by atoms with Gasteiger partial charge in [0, 0.05) is 0 Å². The molecular weight excluding hydrogens is 189 g/mol. The van der Waals surface area contributed by atoms with Crippen molar-refractivity contribution in [3.63, 3.8) is 0 Å². The van der Waals surface area contributed by atoms with Crippen molar-refractivity contribution < 1.29 is 8.39 Å². The van der Waals surface area contributed by atoms with Crippen molar-refractivity contribution in [2.45, 2.75) is 52.6 Å². The summed E-state index contributed by atoms with van der Waals surface area (Å²) in [5.74, 6) is 0.438. The molecule has 1 unspecified atom stereocenters. The van der Waals surface area contributed by atoms with Gasteiger partial charge in [-0.1, -0.05) is 20.3 Å². The lowest BCUT2D eigenvalue weighted by Crippen LogP contribution is -2.17. The standard InChI is InChI=1S/C10H22F2P/c1-6-9(2)7-8-13(11,12)10(3,4)5/h9H,6-8H2,1-5H3/q+1. The molecule has 0 heterocycles. The predicted octanol–water partition coefficient (Wildman–Crippen LogP) is 5.01. The van der Waals surface area contributed by atoms with Crippen LogP contribution >= 0.6 is 7.88 Å². The topological polar surface area (TPSA) is 0 Å². The van der Waals surface area contributed by atoms with Gasteiger partial charge in [-0.15, -0.1) is 0 Å². The highest BCUT2D eigenvalue weighted by atomic mass is 31.2. The van der Waals surface area contributed by atoms with Crippen LogP contribution in [0.5, 0.6) is 0 Å². The van der Waals surface area contributed by atoms with Crippen molar-refractivity contribution in [2.24, 2.45) is 5.92 Å². The smallest absolute Gasteiger partial charge is 0.0651 e. The number of hydrogen-bond acceptors (Lipinski definition) is 0. The SMILES string of the molecule is CCC(C)CC[P+](F)(F)C(C)(C)C. The Hall–Kier alpha value is 0.290. The second-order valence-electron chi connectivity index (χ2n) is 4.83. The maximum atomic E-state index is 13.5. The van der Waals surface area contributed by atoms with E-state index in [9.17, 15) is 8.39 Å². The minimum atomic E-state index is -3.69. The van der Waals surface area contributed by atoms with E-state index in [1.165, 1.54) is 0 Å². The molecular formula is C10H22F2P+. The van der Waals surface area contributed by atoms with Crippen LogP contribution in [0.3, 0.4) is 0 Å². The normalized spacial score (nSPS) is 15.9. The predicted molar refractivity (Wildman–Crippen MR) is 57.8 cm³/mol. The van der Waals surface area contributed by atoms with Gasteiger partial charge in [0.25, 0.3) is 0 Å². The Kier molecular flexibility index (Phi) is 4.79. The van der Waals surface area contributed by atoms with E-state index < -0.39 is 13.0 Å². The average Bonchev–Trinajstić information content (AvgIpc) is 1.98. The van der Waals surface area contributed by atoms with Crippen molar-refractivity contribution in [3.8, 4) is 0 Å². The summed E-state index contributed by atoms with van der Waals surface area (Å²) in [4.78, 5) is 0. The van der Waals surface area contributed by atoms with Gasteiger partial charge in [0.1, 0.15) is 11.3 Å². The van der Waals surface area contributed by atoms with Crippen LogP contribution in [-0.2, 0) is 0 Å². The molecule has 0 spiro atoms. The fourth-order valence-electron chi connectivity index (χ4n) is 0.922. The molecule has 13 heavy (non-hydrogen) atoms. The maximum absolute atomic E-state index is 13.5. The number of rotatable bonds is 4. The first-order valence-corrected chi connectivity index (χ1v) is 6.73. The lowest BCUT2D eigenvalue weighted by atomic mass is 10.1. The molecule has 80 valence electrons. The molecule has 0 aromatic carbocycles. The number of halogens is 2. The third kappa shape index (κ3) is 4.35. The molecule has 0 fully saturated rings. The Labute approximate surface area is 81.7 Å². The summed E-state index contributed by atoms with van der Waals surface area (Å²) in [6.45, 7) is 9.05. The molecule has 0 aromatic rings. The van der Waals surface area contributed by atoms with E-state index in [1.807, 2.05) is 6.92 Å². The van der Waals surface area contributed by atoms with Crippen LogP contribution in [0, 0.1) is 5.92 Å². The van der Waals surface area contributed by atoms with E-state index in [4.69, 9.17) is 0 Å². The van der Waals surface area contributed by atoms with Crippen LogP contribution in [0.1, 0.15) is 47.5 Å². The zero-order chi connectivity index (χ0) is 10.7. The maximum Gasteiger partial charge on any atom is 0.392 e. The van der Waals surface area contributed by atoms with Crippen molar-refractivity contribution in [2.75, 3.05) is 6.16 Å². The second-order valence-corrected chi connectivity index (χ2v) is 7.88. The van der Waals surface area contributed by atoms with E-state index in [0.29, 0.717) is 12.3 Å². The molecule has 0 radical (unpaired) electrons. The van der Waals surface area contributed by atoms with Gasteiger partial charge in [0.05, 0.1) is 0 Å². The van der Waals surface area contributed by atoms with E-state index >= 15 is 0 Å². The van der Waals surface area contributed by atoms with Gasteiger partial charge in [0.2, 0.25) is 0 Å². The van der Waals surface area contributed by atoms with Crippen LogP contribution in [0.2, 0.25) is 0 Å². The molecule has 0 saturated carbocycles. The Morgan fingerprint density at radius 1 is 1.23 bits per heavy atom. The van der Waals surface area contributed by atoms with Crippen LogP contribution in [0.4, 0.5) is 8.39 Å². The number of hydrogen-bond donors (Lipinski definition) is 0. The quantitative estimate of drug-likeness (QED) is 0.573. The fraction of sp³-hybridized carbons (Fsp3) is 1.00. The molecule has 0 nitrogen and oxygen atoms in total. The Morgan fingerprint density at radius 3 is 2.00 bits per heavy atom. The average molecular weight is 211 g/mol. The Bertz CT molecular complexity index is 149. The van der Waals surface area contributed by atoms with E-state index in [1.54, 1.807) is 20.8 Å². The Balaban J connectivity index is 4.04. The third-order valence-electron chi connectivity index (χ3n) is 2.58. The molecule has 0 saturated heterocycles. The molecule has 0 aliphatic heterocycles. The summed E-state index contributed by atoms with van der Waals surface area (Å²) in [5.41, 5.74) is 0. The summed E-state index contributed by atoms with van der Waals surface area (Å²) in [6, 6.07) is 0. The minimum Gasteiger partial charge on any atom is -0.0651 e. The molecule has 0 aliphatic rings. The zero-order valence-electron chi connectivity index (χ0n) is 9.40. The summed E-state index contributed by atoms with van der Waals surface area (Å²) in [6.07, 6.45) is 1.81. The minimum absolute atomic E-state index is 0.130. The summed E-state index contributed by atoms with van der Waals surface area (Å²) >= 11 is 0. The molecule has 3 heteroatoms. The first-order chi connectivity index (χ1) is 5.70. The van der Waals surface area contributed by atoms with Crippen LogP contribution in [0.15, 0.2) is 0 Å². The first kappa shape index (κ1) is 13.3. The molecule has 0 aromatic heterocycles. The summed E-state index contributed by atoms with van der Waals surface area (Å²) in [7, 11) is -3.69. The van der Waals surface area contributed by atoms with Crippen LogP contribution in [0.25, 0.3) is 0 Å². The highest BCUT2D eigenvalue weighted by molar-refractivity contribution is 7.67. The van der Waals surface area contributed by atoms with E-state index in [2.05, 4.69) is 6.92 Å². The first-order valence-electron chi connectivity index (χ1n) is 4.98. The van der Waals surface area contributed by atoms with Gasteiger partial charge >= 0.3 is 7.88 Å². The van der Waals surface area contributed by atoms with Gasteiger partial charge in [0.15, 0.2) is 0 Å². The van der Waals surface area contributed by atoms with Gasteiger partial charge in [-0.25, -0.2) is 0 Å². The second kappa shape index (κ2) is 4.68. The monoisotopic (exact) mass is 211 g/mol. The van der Waals surface area contributed by atoms with Gasteiger partial charge in [-0.3, -0.25) is 0 Å². The summed E-state index contributed by atoms with van der Waals surface area (Å²) in [5, 5.41) is -0.791. The largest absolute Gasteiger partial charge is 0.392 e. The van der Waals surface area contributed by atoms with E-state index in [-0.39, 0.29) is 6.16 Å². The van der Waals surface area contributed by atoms with Crippen molar-refractivity contribution in [1.29, 1.82) is 0 Å².